The van der Waals surface area contributed by atoms with E-state index in [4.69, 9.17) is 18.9 Å². The first-order valence-electron chi connectivity index (χ1n) is 10.6. The number of halogens is 1. The number of methoxy groups -OCH3 is 3. The summed E-state index contributed by atoms with van der Waals surface area (Å²) in [7, 11) is 5.03. The Hall–Kier alpha value is -1.95. The first-order valence-corrected chi connectivity index (χ1v) is 10.6. The molecule has 0 aromatic heterocycles. The van der Waals surface area contributed by atoms with E-state index in [2.05, 4.69) is 49.5 Å². The second-order valence-corrected chi connectivity index (χ2v) is 8.66. The van der Waals surface area contributed by atoms with Gasteiger partial charge in [0, 0.05) is 18.6 Å². The summed E-state index contributed by atoms with van der Waals surface area (Å²) in [6.07, 6.45) is 3.09. The molecule has 6 heteroatoms. The first kappa shape index (κ1) is 25.3. The molecule has 1 N–H and O–H groups in total. The van der Waals surface area contributed by atoms with Crippen LogP contribution in [0.5, 0.6) is 17.2 Å². The molecule has 2 aromatic carbocycles. The Kier molecular flexibility index (Phi) is 9.04. The summed E-state index contributed by atoms with van der Waals surface area (Å²) >= 11 is 0. The molecule has 1 aliphatic heterocycles. The monoisotopic (exact) mass is 449 g/mol. The lowest BCUT2D eigenvalue weighted by atomic mass is 9.67. The summed E-state index contributed by atoms with van der Waals surface area (Å²) < 4.78 is 22.1. The van der Waals surface area contributed by atoms with Crippen LogP contribution in [0.3, 0.4) is 0 Å². The predicted molar refractivity (Wildman–Crippen MR) is 127 cm³/mol. The zero-order chi connectivity index (χ0) is 21.6. The van der Waals surface area contributed by atoms with Gasteiger partial charge in [-0.15, -0.1) is 12.4 Å². The van der Waals surface area contributed by atoms with Crippen LogP contribution in [0.25, 0.3) is 0 Å². The molecular weight excluding hydrogens is 414 g/mol. The summed E-state index contributed by atoms with van der Waals surface area (Å²) in [6.45, 7) is 6.90. The highest BCUT2D eigenvalue weighted by atomic mass is 35.5. The van der Waals surface area contributed by atoms with Gasteiger partial charge in [0.25, 0.3) is 0 Å². The van der Waals surface area contributed by atoms with Crippen LogP contribution >= 0.6 is 12.4 Å². The zero-order valence-electron chi connectivity index (χ0n) is 19.3. The second kappa shape index (κ2) is 11.1. The molecule has 3 rings (SSSR count). The fourth-order valence-corrected chi connectivity index (χ4v) is 4.58. The summed E-state index contributed by atoms with van der Waals surface area (Å²) in [6, 6.07) is 14.6. The smallest absolute Gasteiger partial charge is 0.161 e. The van der Waals surface area contributed by atoms with Gasteiger partial charge in [-0.1, -0.05) is 18.2 Å². The number of nitrogens with one attached hydrogen (secondary N) is 1. The van der Waals surface area contributed by atoms with E-state index >= 15 is 0 Å². The molecule has 0 spiro atoms. The van der Waals surface area contributed by atoms with Gasteiger partial charge in [0.15, 0.2) is 11.5 Å². The molecule has 1 unspecified atom stereocenters. The number of rotatable bonds is 9. The third kappa shape index (κ3) is 6.28. The lowest BCUT2D eigenvalue weighted by Crippen LogP contribution is -2.45. The Bertz CT molecular complexity index is 825. The maximum absolute atomic E-state index is 6.04. The molecule has 172 valence electrons. The predicted octanol–water partition coefficient (Wildman–Crippen LogP) is 5.14. The summed E-state index contributed by atoms with van der Waals surface area (Å²) in [5.41, 5.74) is 2.52. The van der Waals surface area contributed by atoms with Crippen LogP contribution in [0.4, 0.5) is 0 Å². The van der Waals surface area contributed by atoms with E-state index in [0.29, 0.717) is 0 Å². The van der Waals surface area contributed by atoms with E-state index in [1.165, 1.54) is 11.1 Å². The molecule has 1 heterocycles. The average Bonchev–Trinajstić information content (AvgIpc) is 2.76. The van der Waals surface area contributed by atoms with Crippen LogP contribution in [0, 0.1) is 0 Å². The standard InChI is InChI=1S/C25H35NO4.ClH/c1-24(2)18-25(13-15-30-24,20-7-9-21(27-3)10-8-20)12-14-26-17-19-6-11-22(28-4)23(16-19)29-5;/h6-11,16,26H,12-15,17-18H2,1-5H3;1H. The Morgan fingerprint density at radius 1 is 0.935 bits per heavy atom. The molecule has 0 saturated carbocycles. The van der Waals surface area contributed by atoms with Crippen LogP contribution in [0.1, 0.15) is 44.2 Å². The van der Waals surface area contributed by atoms with Gasteiger partial charge in [0.2, 0.25) is 0 Å². The second-order valence-electron chi connectivity index (χ2n) is 8.66. The van der Waals surface area contributed by atoms with Gasteiger partial charge in [0.05, 0.1) is 26.9 Å². The molecular formula is C25H36ClNO4. The van der Waals surface area contributed by atoms with Gasteiger partial charge in [-0.05, 0) is 75.0 Å². The number of hydrogen-bond acceptors (Lipinski definition) is 5. The Balaban J connectivity index is 0.00000341. The van der Waals surface area contributed by atoms with Crippen molar-refractivity contribution in [2.24, 2.45) is 0 Å². The molecule has 1 atom stereocenters. The van der Waals surface area contributed by atoms with Crippen molar-refractivity contribution in [3.8, 4) is 17.2 Å². The highest BCUT2D eigenvalue weighted by molar-refractivity contribution is 5.85. The van der Waals surface area contributed by atoms with E-state index in [1.54, 1.807) is 21.3 Å². The van der Waals surface area contributed by atoms with E-state index in [-0.39, 0.29) is 23.4 Å². The zero-order valence-corrected chi connectivity index (χ0v) is 20.1. The Morgan fingerprint density at radius 2 is 1.65 bits per heavy atom. The largest absolute Gasteiger partial charge is 0.497 e. The lowest BCUT2D eigenvalue weighted by Gasteiger charge is -2.45. The third-order valence-corrected chi connectivity index (χ3v) is 6.10. The highest BCUT2D eigenvalue weighted by Crippen LogP contribution is 2.44. The summed E-state index contributed by atoms with van der Waals surface area (Å²) in [5.74, 6) is 2.41. The first-order chi connectivity index (χ1) is 14.4. The van der Waals surface area contributed by atoms with Crippen molar-refractivity contribution in [1.82, 2.24) is 5.32 Å². The maximum atomic E-state index is 6.04. The van der Waals surface area contributed by atoms with Crippen LogP contribution in [-0.4, -0.2) is 40.1 Å². The van der Waals surface area contributed by atoms with E-state index in [9.17, 15) is 0 Å². The van der Waals surface area contributed by atoms with Gasteiger partial charge in [-0.2, -0.15) is 0 Å². The highest BCUT2D eigenvalue weighted by Gasteiger charge is 2.41. The third-order valence-electron chi connectivity index (χ3n) is 6.10. The van der Waals surface area contributed by atoms with Crippen molar-refractivity contribution in [3.63, 3.8) is 0 Å². The lowest BCUT2D eigenvalue weighted by molar-refractivity contribution is -0.0840. The number of hydrogen-bond donors (Lipinski definition) is 1. The molecule has 5 nitrogen and oxygen atoms in total. The minimum atomic E-state index is -0.123. The van der Waals surface area contributed by atoms with E-state index < -0.39 is 0 Å². The van der Waals surface area contributed by atoms with Gasteiger partial charge < -0.3 is 24.3 Å². The van der Waals surface area contributed by atoms with Crippen LogP contribution in [-0.2, 0) is 16.7 Å². The molecule has 2 aromatic rings. The molecule has 0 bridgehead atoms. The molecule has 0 amide bonds. The van der Waals surface area contributed by atoms with Gasteiger partial charge >= 0.3 is 0 Å². The van der Waals surface area contributed by atoms with E-state index in [0.717, 1.165) is 56.2 Å². The fraction of sp³-hybridized carbons (Fsp3) is 0.520. The SMILES string of the molecule is COc1ccc(C2(CCNCc3ccc(OC)c(OC)c3)CCOC(C)(C)C2)cc1.Cl. The van der Waals surface area contributed by atoms with Crippen LogP contribution in [0.2, 0.25) is 0 Å². The van der Waals surface area contributed by atoms with Crippen molar-refractivity contribution in [3.05, 3.63) is 53.6 Å². The summed E-state index contributed by atoms with van der Waals surface area (Å²) in [5, 5.41) is 3.62. The van der Waals surface area contributed by atoms with Crippen molar-refractivity contribution in [2.45, 2.75) is 50.7 Å². The van der Waals surface area contributed by atoms with E-state index in [1.807, 2.05) is 12.1 Å². The van der Waals surface area contributed by atoms with Crippen molar-refractivity contribution >= 4 is 12.4 Å². The molecule has 0 radical (unpaired) electrons. The van der Waals surface area contributed by atoms with Gasteiger partial charge in [-0.25, -0.2) is 0 Å². The van der Waals surface area contributed by atoms with Crippen molar-refractivity contribution < 1.29 is 18.9 Å². The van der Waals surface area contributed by atoms with Crippen LogP contribution in [0.15, 0.2) is 42.5 Å². The molecule has 1 aliphatic rings. The quantitative estimate of drug-likeness (QED) is 0.537. The molecule has 31 heavy (non-hydrogen) atoms. The van der Waals surface area contributed by atoms with Crippen molar-refractivity contribution in [2.75, 3.05) is 34.5 Å². The van der Waals surface area contributed by atoms with Gasteiger partial charge in [0.1, 0.15) is 5.75 Å². The number of ether oxygens (including phenoxy) is 4. The minimum Gasteiger partial charge on any atom is -0.497 e. The maximum Gasteiger partial charge on any atom is 0.161 e. The molecule has 1 fully saturated rings. The van der Waals surface area contributed by atoms with Crippen LogP contribution < -0.4 is 19.5 Å². The Labute approximate surface area is 192 Å². The average molecular weight is 450 g/mol. The van der Waals surface area contributed by atoms with Gasteiger partial charge in [-0.3, -0.25) is 0 Å². The molecule has 0 aliphatic carbocycles. The molecule has 1 saturated heterocycles. The summed E-state index contributed by atoms with van der Waals surface area (Å²) in [4.78, 5) is 0. The van der Waals surface area contributed by atoms with Crippen molar-refractivity contribution in [1.29, 1.82) is 0 Å². The Morgan fingerprint density at radius 3 is 2.26 bits per heavy atom. The fourth-order valence-electron chi connectivity index (χ4n) is 4.58. The topological polar surface area (TPSA) is 49.0 Å². The minimum absolute atomic E-state index is 0. The normalized spacial score (nSPS) is 19.9. The number of benzene rings is 2.